The van der Waals surface area contributed by atoms with Crippen molar-refractivity contribution in [3.05, 3.63) is 99.0 Å². The third kappa shape index (κ3) is 8.82. The van der Waals surface area contributed by atoms with Gasteiger partial charge in [-0.25, -0.2) is 4.79 Å². The predicted octanol–water partition coefficient (Wildman–Crippen LogP) is 8.95. The van der Waals surface area contributed by atoms with E-state index in [2.05, 4.69) is 37.8 Å². The first-order chi connectivity index (χ1) is 23.9. The molecule has 3 atom stereocenters. The lowest BCUT2D eigenvalue weighted by Crippen LogP contribution is -2.54. The summed E-state index contributed by atoms with van der Waals surface area (Å²) < 4.78 is 11.1. The second-order valence-corrected chi connectivity index (χ2v) is 15.1. The molecule has 0 radical (unpaired) electrons. The number of nitrogens with zero attached hydrogens (tertiary/aromatic N) is 4. The van der Waals surface area contributed by atoms with E-state index in [0.29, 0.717) is 41.3 Å². The SMILES string of the molecule is CCOc1cc(C(C)(C)C)ccc1C1=NC(c2ccc(Cl)cc2)C(c2ccc(Cl)cc2)N1C(=O)N1CCN(CCCCC(C)C(=O)OC)CC1. The Hall–Kier alpha value is -3.59. The molecule has 0 aliphatic carbocycles. The molecule has 0 aromatic heterocycles. The monoisotopic (exact) mass is 720 g/mol. The summed E-state index contributed by atoms with van der Waals surface area (Å²) in [7, 11) is 1.44. The van der Waals surface area contributed by atoms with E-state index in [1.807, 2.05) is 78.2 Å². The zero-order valence-corrected chi connectivity index (χ0v) is 31.6. The highest BCUT2D eigenvalue weighted by molar-refractivity contribution is 6.30. The van der Waals surface area contributed by atoms with E-state index >= 15 is 0 Å². The van der Waals surface area contributed by atoms with Crippen molar-refractivity contribution in [2.45, 2.75) is 71.4 Å². The predicted molar refractivity (Wildman–Crippen MR) is 202 cm³/mol. The van der Waals surface area contributed by atoms with Crippen LogP contribution in [0.1, 0.15) is 88.2 Å². The van der Waals surface area contributed by atoms with Crippen molar-refractivity contribution in [1.29, 1.82) is 0 Å². The molecule has 3 aromatic carbocycles. The number of rotatable bonds is 11. The van der Waals surface area contributed by atoms with E-state index < -0.39 is 12.1 Å². The van der Waals surface area contributed by atoms with Crippen molar-refractivity contribution in [1.82, 2.24) is 14.7 Å². The van der Waals surface area contributed by atoms with Gasteiger partial charge >= 0.3 is 12.0 Å². The first kappa shape index (κ1) is 37.7. The van der Waals surface area contributed by atoms with Gasteiger partial charge in [-0.1, -0.05) is 87.6 Å². The number of unbranched alkanes of at least 4 members (excludes halogenated alkanes) is 1. The van der Waals surface area contributed by atoms with Crippen LogP contribution in [0.3, 0.4) is 0 Å². The lowest BCUT2D eigenvalue weighted by molar-refractivity contribution is -0.145. The lowest BCUT2D eigenvalue weighted by Gasteiger charge is -2.39. The third-order valence-corrected chi connectivity index (χ3v) is 10.2. The first-order valence-corrected chi connectivity index (χ1v) is 18.4. The molecule has 0 bridgehead atoms. The van der Waals surface area contributed by atoms with Crippen molar-refractivity contribution >= 4 is 41.0 Å². The molecule has 3 unspecified atom stereocenters. The number of esters is 1. The van der Waals surface area contributed by atoms with Crippen molar-refractivity contribution < 1.29 is 19.1 Å². The van der Waals surface area contributed by atoms with Crippen LogP contribution in [0.5, 0.6) is 5.75 Å². The maximum Gasteiger partial charge on any atom is 0.326 e. The van der Waals surface area contributed by atoms with E-state index in [1.54, 1.807) is 0 Å². The number of piperazine rings is 1. The highest BCUT2D eigenvalue weighted by atomic mass is 35.5. The molecule has 268 valence electrons. The maximum absolute atomic E-state index is 14.9. The van der Waals surface area contributed by atoms with Gasteiger partial charge in [-0.05, 0) is 84.8 Å². The summed E-state index contributed by atoms with van der Waals surface area (Å²) in [6, 6.07) is 20.8. The Bertz CT molecular complexity index is 1650. The first-order valence-electron chi connectivity index (χ1n) is 17.7. The molecule has 3 aromatic rings. The highest BCUT2D eigenvalue weighted by Crippen LogP contribution is 2.46. The molecule has 2 heterocycles. The Labute approximate surface area is 307 Å². The number of ether oxygens (including phenoxy) is 2. The number of benzene rings is 3. The number of carbonyl (C=O) groups is 2. The van der Waals surface area contributed by atoms with Crippen LogP contribution < -0.4 is 4.74 Å². The number of amidine groups is 1. The van der Waals surface area contributed by atoms with Gasteiger partial charge in [0, 0.05) is 36.2 Å². The summed E-state index contributed by atoms with van der Waals surface area (Å²) in [4.78, 5) is 38.3. The fourth-order valence-corrected chi connectivity index (χ4v) is 6.98. The van der Waals surface area contributed by atoms with E-state index in [-0.39, 0.29) is 23.3 Å². The molecule has 1 saturated heterocycles. The summed E-state index contributed by atoms with van der Waals surface area (Å²) >= 11 is 12.7. The van der Waals surface area contributed by atoms with Crippen LogP contribution in [0.25, 0.3) is 0 Å². The highest BCUT2D eigenvalue weighted by Gasteiger charge is 2.45. The minimum Gasteiger partial charge on any atom is -0.493 e. The van der Waals surface area contributed by atoms with E-state index in [9.17, 15) is 9.59 Å². The number of urea groups is 1. The second kappa shape index (κ2) is 16.6. The minimum absolute atomic E-state index is 0.0888. The molecule has 5 rings (SSSR count). The lowest BCUT2D eigenvalue weighted by atomic mass is 9.86. The van der Waals surface area contributed by atoms with Gasteiger partial charge in [0.1, 0.15) is 17.6 Å². The quantitative estimate of drug-likeness (QED) is 0.146. The van der Waals surface area contributed by atoms with Gasteiger partial charge in [-0.15, -0.1) is 0 Å². The average Bonchev–Trinajstić information content (AvgIpc) is 3.50. The molecule has 8 nitrogen and oxygen atoms in total. The van der Waals surface area contributed by atoms with Crippen LogP contribution in [0.2, 0.25) is 10.0 Å². The number of methoxy groups -OCH3 is 1. The zero-order chi connectivity index (χ0) is 36.0. The largest absolute Gasteiger partial charge is 0.493 e. The minimum atomic E-state index is -0.428. The number of hydrogen-bond donors (Lipinski definition) is 0. The summed E-state index contributed by atoms with van der Waals surface area (Å²) in [5.74, 6) is 1.04. The molecular weight excluding hydrogens is 671 g/mol. The number of carbonyl (C=O) groups excluding carboxylic acids is 2. The zero-order valence-electron chi connectivity index (χ0n) is 30.1. The van der Waals surface area contributed by atoms with Gasteiger partial charge in [0.15, 0.2) is 0 Å². The summed E-state index contributed by atoms with van der Waals surface area (Å²) in [5.41, 5.74) is 3.72. The Kier molecular flexibility index (Phi) is 12.5. The summed E-state index contributed by atoms with van der Waals surface area (Å²) in [6.45, 7) is 14.6. The van der Waals surface area contributed by atoms with Crippen LogP contribution in [-0.4, -0.2) is 79.0 Å². The summed E-state index contributed by atoms with van der Waals surface area (Å²) in [5, 5.41) is 1.26. The smallest absolute Gasteiger partial charge is 0.326 e. The van der Waals surface area contributed by atoms with Crippen LogP contribution in [0, 0.1) is 5.92 Å². The van der Waals surface area contributed by atoms with Gasteiger partial charge in [0.2, 0.25) is 0 Å². The van der Waals surface area contributed by atoms with Crippen molar-refractivity contribution in [2.75, 3.05) is 46.4 Å². The van der Waals surface area contributed by atoms with Gasteiger partial charge in [0.25, 0.3) is 0 Å². The molecule has 2 amide bonds. The number of halogens is 2. The number of aliphatic imine (C=N–C) groups is 1. The van der Waals surface area contributed by atoms with Crippen LogP contribution in [-0.2, 0) is 14.9 Å². The molecule has 0 N–H and O–H groups in total. The fourth-order valence-electron chi connectivity index (χ4n) is 6.72. The van der Waals surface area contributed by atoms with Crippen LogP contribution >= 0.6 is 23.2 Å². The molecule has 10 heteroatoms. The Morgan fingerprint density at radius 1 is 0.900 bits per heavy atom. The van der Waals surface area contributed by atoms with Gasteiger partial charge in [-0.3, -0.25) is 19.6 Å². The molecule has 2 aliphatic rings. The number of amides is 2. The Morgan fingerprint density at radius 3 is 2.10 bits per heavy atom. The molecule has 50 heavy (non-hydrogen) atoms. The molecule has 0 spiro atoms. The Balaban J connectivity index is 1.47. The summed E-state index contributed by atoms with van der Waals surface area (Å²) in [6.07, 6.45) is 2.75. The molecule has 1 fully saturated rings. The molecule has 0 saturated carbocycles. The van der Waals surface area contributed by atoms with Crippen molar-refractivity contribution in [2.24, 2.45) is 10.9 Å². The van der Waals surface area contributed by atoms with Gasteiger partial charge < -0.3 is 14.4 Å². The Morgan fingerprint density at radius 2 is 1.52 bits per heavy atom. The van der Waals surface area contributed by atoms with Gasteiger partial charge in [-0.2, -0.15) is 0 Å². The fraction of sp³-hybridized carbons (Fsp3) is 0.475. The number of hydrogen-bond acceptors (Lipinski definition) is 6. The van der Waals surface area contributed by atoms with Crippen molar-refractivity contribution in [3.8, 4) is 5.75 Å². The standard InChI is InChI=1S/C40H50Cl2N4O4/c1-7-50-34-26-30(40(3,4)5)15-20-33(34)37-43-35(28-11-16-31(41)17-12-28)36(29-13-18-32(42)19-14-29)46(37)39(48)45-24-22-44(23-25-45)21-9-8-10-27(2)38(47)49-6/h11-20,26-27,35-36H,7-10,21-25H2,1-6H3. The van der Waals surface area contributed by atoms with E-state index in [1.165, 1.54) is 7.11 Å². The van der Waals surface area contributed by atoms with Crippen molar-refractivity contribution in [3.63, 3.8) is 0 Å². The maximum atomic E-state index is 14.9. The second-order valence-electron chi connectivity index (χ2n) is 14.2. The van der Waals surface area contributed by atoms with Gasteiger partial charge in [0.05, 0.1) is 31.2 Å². The molecule has 2 aliphatic heterocycles. The van der Waals surface area contributed by atoms with E-state index in [0.717, 1.165) is 61.2 Å². The normalized spacial score (nSPS) is 18.9. The van der Waals surface area contributed by atoms with Crippen LogP contribution in [0.4, 0.5) is 4.79 Å². The topological polar surface area (TPSA) is 74.7 Å². The third-order valence-electron chi connectivity index (χ3n) is 9.69. The van der Waals surface area contributed by atoms with E-state index in [4.69, 9.17) is 37.7 Å². The van der Waals surface area contributed by atoms with Crippen LogP contribution in [0.15, 0.2) is 71.7 Å². The molecular formula is C40H50Cl2N4O4. The average molecular weight is 722 g/mol.